The zero-order valence-corrected chi connectivity index (χ0v) is 28.2. The van der Waals surface area contributed by atoms with E-state index in [1.165, 1.54) is 89.6 Å². The molecule has 0 radical (unpaired) electrons. The predicted molar refractivity (Wildman–Crippen MR) is 174 cm³/mol. The summed E-state index contributed by atoms with van der Waals surface area (Å²) in [7, 11) is 0. The molecule has 6 atom stereocenters. The first-order valence-corrected chi connectivity index (χ1v) is 18.4. The summed E-state index contributed by atoms with van der Waals surface area (Å²) in [6.45, 7) is 21.5. The molecule has 0 spiro atoms. The van der Waals surface area contributed by atoms with Gasteiger partial charge in [0.1, 0.15) is 0 Å². The minimum atomic E-state index is 0.762. The van der Waals surface area contributed by atoms with Gasteiger partial charge in [0.2, 0.25) is 0 Å². The Hall–Kier alpha value is -0.0400. The smallest absolute Gasteiger partial charge is 0.00385 e. The van der Waals surface area contributed by atoms with Crippen LogP contribution in [0.1, 0.15) is 165 Å². The summed E-state index contributed by atoms with van der Waals surface area (Å²) >= 11 is 0. The molecule has 6 fully saturated rings. The average Bonchev–Trinajstić information content (AvgIpc) is 3.54. The van der Waals surface area contributed by atoms with E-state index in [1.807, 2.05) is 0 Å². The van der Waals surface area contributed by atoms with E-state index in [4.69, 9.17) is 0 Å². The van der Waals surface area contributed by atoms with Crippen molar-refractivity contribution in [1.82, 2.24) is 4.90 Å². The lowest BCUT2D eigenvalue weighted by Gasteiger charge is -2.24. The van der Waals surface area contributed by atoms with Crippen molar-refractivity contribution in [3.05, 3.63) is 0 Å². The van der Waals surface area contributed by atoms with Crippen LogP contribution in [-0.4, -0.2) is 24.0 Å². The van der Waals surface area contributed by atoms with Gasteiger partial charge in [0.15, 0.2) is 0 Å². The third-order valence-electron chi connectivity index (χ3n) is 12.1. The number of hydrogen-bond acceptors (Lipinski definition) is 1. The molecule has 1 heteroatoms. The van der Waals surface area contributed by atoms with Gasteiger partial charge in [-0.1, -0.05) is 106 Å². The molecule has 39 heavy (non-hydrogen) atoms. The van der Waals surface area contributed by atoms with Crippen molar-refractivity contribution >= 4 is 0 Å². The Labute approximate surface area is 247 Å². The third-order valence-corrected chi connectivity index (χ3v) is 12.1. The van der Waals surface area contributed by atoms with E-state index < -0.39 is 0 Å². The van der Waals surface area contributed by atoms with E-state index >= 15 is 0 Å². The Balaban J connectivity index is 0.000000144. The molecule has 5 saturated carbocycles. The van der Waals surface area contributed by atoms with Gasteiger partial charge in [0.05, 0.1) is 0 Å². The van der Waals surface area contributed by atoms with Crippen molar-refractivity contribution in [2.75, 3.05) is 13.1 Å². The molecule has 1 saturated heterocycles. The third kappa shape index (κ3) is 11.3. The normalized spacial score (nSPS) is 34.5. The Morgan fingerprint density at radius 2 is 1.08 bits per heavy atom. The van der Waals surface area contributed by atoms with Crippen LogP contribution in [0.5, 0.6) is 0 Å². The molecule has 0 aromatic heterocycles. The van der Waals surface area contributed by atoms with Crippen LogP contribution < -0.4 is 0 Å². The molecule has 5 aliphatic carbocycles. The first kappa shape index (κ1) is 33.5. The summed E-state index contributed by atoms with van der Waals surface area (Å²) in [4.78, 5) is 2.59. The van der Waals surface area contributed by atoms with Crippen molar-refractivity contribution in [3.63, 3.8) is 0 Å². The quantitative estimate of drug-likeness (QED) is 0.341. The van der Waals surface area contributed by atoms with Crippen molar-refractivity contribution in [3.8, 4) is 0 Å². The Morgan fingerprint density at radius 1 is 0.462 bits per heavy atom. The first-order valence-electron chi connectivity index (χ1n) is 18.4. The van der Waals surface area contributed by atoms with Crippen LogP contribution in [0.3, 0.4) is 0 Å². The fraction of sp³-hybridized carbons (Fsp3) is 1.00. The zero-order chi connectivity index (χ0) is 28.4. The van der Waals surface area contributed by atoms with Gasteiger partial charge in [-0.3, -0.25) is 0 Å². The first-order chi connectivity index (χ1) is 18.7. The SMILES string of the molecule is CC(C)C1CCCCC1.CC(C)C1CCC[C@@H]2C[C@H]12.CC(C)C1C[C@H]2CC[C@@H]1C2.CC(C)N1CCCCCC1. The van der Waals surface area contributed by atoms with Crippen molar-refractivity contribution in [2.24, 2.45) is 59.2 Å². The minimum Gasteiger partial charge on any atom is -0.301 e. The molecule has 2 unspecified atom stereocenters. The lowest BCUT2D eigenvalue weighted by molar-refractivity contribution is 0.231. The molecule has 6 aliphatic rings. The second kappa shape index (κ2) is 17.2. The summed E-state index contributed by atoms with van der Waals surface area (Å²) in [6.07, 6.45) is 25.6. The second-order valence-electron chi connectivity index (χ2n) is 16.3. The highest BCUT2D eigenvalue weighted by atomic mass is 15.1. The van der Waals surface area contributed by atoms with E-state index in [9.17, 15) is 0 Å². The van der Waals surface area contributed by atoms with Crippen molar-refractivity contribution in [1.29, 1.82) is 0 Å². The van der Waals surface area contributed by atoms with Gasteiger partial charge in [-0.25, -0.2) is 0 Å². The Kier molecular flexibility index (Phi) is 14.7. The predicted octanol–water partition coefficient (Wildman–Crippen LogP) is 11.7. The molecule has 1 heterocycles. The molecule has 1 nitrogen and oxygen atoms in total. The lowest BCUT2D eigenvalue weighted by atomic mass is 9.81. The molecule has 2 bridgehead atoms. The van der Waals surface area contributed by atoms with Crippen LogP contribution in [0, 0.1) is 59.2 Å². The van der Waals surface area contributed by atoms with Crippen LogP contribution in [-0.2, 0) is 0 Å². The molecule has 1 aliphatic heterocycles. The highest BCUT2D eigenvalue weighted by molar-refractivity contribution is 4.95. The van der Waals surface area contributed by atoms with Crippen LogP contribution in [0.4, 0.5) is 0 Å². The zero-order valence-electron chi connectivity index (χ0n) is 28.2. The molecular formula is C38H73N. The summed E-state index contributed by atoms with van der Waals surface area (Å²) in [6, 6.07) is 0.762. The van der Waals surface area contributed by atoms with E-state index in [2.05, 4.69) is 60.3 Å². The number of rotatable bonds is 4. The maximum absolute atomic E-state index is 2.59. The van der Waals surface area contributed by atoms with Gasteiger partial charge in [-0.15, -0.1) is 0 Å². The molecule has 0 aromatic rings. The Bertz CT molecular complexity index is 615. The summed E-state index contributed by atoms with van der Waals surface area (Å²) in [5, 5.41) is 0. The fourth-order valence-corrected chi connectivity index (χ4v) is 9.31. The van der Waals surface area contributed by atoms with Gasteiger partial charge in [0, 0.05) is 6.04 Å². The monoisotopic (exact) mass is 544 g/mol. The molecule has 0 N–H and O–H groups in total. The van der Waals surface area contributed by atoms with E-state index in [1.54, 1.807) is 38.5 Å². The van der Waals surface area contributed by atoms with Crippen molar-refractivity contribution < 1.29 is 0 Å². The average molecular weight is 544 g/mol. The standard InChI is InChI=1S/2C10H18.C9H19N.C9H18/c1-7(2)10-6-8-3-4-9(10)5-8;1-7(2)9-5-3-4-8-6-10(8)9;1-9(2)10-7-5-3-4-6-8-10;1-8(2)9-6-4-3-5-7-9/h2*7-10H,3-6H2,1-2H3;9H,3-8H2,1-2H3;8-9H,3-7H2,1-2H3/t8-,9+,10?;8-,9?,10+;;/m01../s1. The van der Waals surface area contributed by atoms with Gasteiger partial charge in [-0.05, 0) is 131 Å². The van der Waals surface area contributed by atoms with Crippen LogP contribution in [0.25, 0.3) is 0 Å². The van der Waals surface area contributed by atoms with Gasteiger partial charge >= 0.3 is 0 Å². The summed E-state index contributed by atoms with van der Waals surface area (Å²) in [5.74, 6) is 10.7. The van der Waals surface area contributed by atoms with E-state index in [0.29, 0.717) is 0 Å². The van der Waals surface area contributed by atoms with Crippen LogP contribution in [0.2, 0.25) is 0 Å². The minimum absolute atomic E-state index is 0.762. The van der Waals surface area contributed by atoms with Gasteiger partial charge < -0.3 is 4.90 Å². The highest BCUT2D eigenvalue weighted by Crippen LogP contribution is 2.55. The Morgan fingerprint density at radius 3 is 1.49 bits per heavy atom. The van der Waals surface area contributed by atoms with Gasteiger partial charge in [-0.2, -0.15) is 0 Å². The molecule has 0 aromatic carbocycles. The maximum Gasteiger partial charge on any atom is 0.00385 e. The molecule has 0 amide bonds. The van der Waals surface area contributed by atoms with Gasteiger partial charge in [0.25, 0.3) is 0 Å². The van der Waals surface area contributed by atoms with Crippen molar-refractivity contribution in [2.45, 2.75) is 171 Å². The fourth-order valence-electron chi connectivity index (χ4n) is 9.31. The lowest BCUT2D eigenvalue weighted by Crippen LogP contribution is -2.31. The second-order valence-corrected chi connectivity index (χ2v) is 16.3. The number of nitrogens with zero attached hydrogens (tertiary/aromatic N) is 1. The number of likely N-dealkylation sites (tertiary alicyclic amines) is 1. The van der Waals surface area contributed by atoms with E-state index in [-0.39, 0.29) is 0 Å². The van der Waals surface area contributed by atoms with Crippen LogP contribution >= 0.6 is 0 Å². The molecule has 6 rings (SSSR count). The number of hydrogen-bond donors (Lipinski definition) is 0. The highest BCUT2D eigenvalue weighted by Gasteiger charge is 2.45. The summed E-state index contributed by atoms with van der Waals surface area (Å²) in [5.41, 5.74) is 0. The molecule has 230 valence electrons. The number of fused-ring (bicyclic) bond motifs is 3. The summed E-state index contributed by atoms with van der Waals surface area (Å²) < 4.78 is 0. The molecular weight excluding hydrogens is 470 g/mol. The maximum atomic E-state index is 2.59. The van der Waals surface area contributed by atoms with Crippen LogP contribution in [0.15, 0.2) is 0 Å². The topological polar surface area (TPSA) is 3.24 Å². The van der Waals surface area contributed by atoms with E-state index in [0.717, 1.165) is 59.3 Å². The largest absolute Gasteiger partial charge is 0.301 e.